The standard InChI is InChI=1S/C28H42N4O6/c1-36-16-15-31(19-21-7-6-14-30-13-5-4-8-23(21)30)26(33)12-10-22-27(34)32(28(35)29-22)18-20-9-11-24(37-2)25(17-20)38-3/h9,11,17,21-23H,4-8,10,12-16,18-19H2,1-3H3,(H,29,35)/t21-,22-,23+/m0/s1. The summed E-state index contributed by atoms with van der Waals surface area (Å²) in [7, 11) is 4.74. The highest BCUT2D eigenvalue weighted by Crippen LogP contribution is 2.32. The second-order valence-corrected chi connectivity index (χ2v) is 10.5. The molecule has 0 saturated carbocycles. The Labute approximate surface area is 225 Å². The van der Waals surface area contributed by atoms with Gasteiger partial charge in [-0.05, 0) is 68.8 Å². The first-order chi connectivity index (χ1) is 18.4. The molecule has 3 fully saturated rings. The number of carbonyl (C=O) groups is 3. The first-order valence-electron chi connectivity index (χ1n) is 13.8. The fraction of sp³-hybridized carbons (Fsp3) is 0.679. The van der Waals surface area contributed by atoms with Crippen molar-refractivity contribution < 1.29 is 28.6 Å². The van der Waals surface area contributed by atoms with Crippen LogP contribution >= 0.6 is 0 Å². The van der Waals surface area contributed by atoms with E-state index in [4.69, 9.17) is 14.2 Å². The van der Waals surface area contributed by atoms with E-state index in [1.807, 2.05) is 4.90 Å². The third kappa shape index (κ3) is 6.58. The van der Waals surface area contributed by atoms with E-state index in [2.05, 4.69) is 10.2 Å². The lowest BCUT2D eigenvalue weighted by atomic mass is 9.83. The van der Waals surface area contributed by atoms with Gasteiger partial charge in [-0.25, -0.2) is 4.79 Å². The summed E-state index contributed by atoms with van der Waals surface area (Å²) in [4.78, 5) is 44.7. The number of piperidine rings is 2. The van der Waals surface area contributed by atoms with Crippen LogP contribution in [-0.4, -0.2) is 98.7 Å². The van der Waals surface area contributed by atoms with Gasteiger partial charge in [0, 0.05) is 32.7 Å². The van der Waals surface area contributed by atoms with Crippen molar-refractivity contribution in [2.75, 3.05) is 54.1 Å². The summed E-state index contributed by atoms with van der Waals surface area (Å²) in [6.07, 6.45) is 6.51. The van der Waals surface area contributed by atoms with Crippen molar-refractivity contribution in [3.8, 4) is 11.5 Å². The molecule has 0 bridgehead atoms. The lowest BCUT2D eigenvalue weighted by Gasteiger charge is -2.45. The molecule has 4 amide bonds. The molecule has 3 aliphatic heterocycles. The lowest BCUT2D eigenvalue weighted by Crippen LogP contribution is -2.52. The van der Waals surface area contributed by atoms with Crippen molar-refractivity contribution in [2.24, 2.45) is 5.92 Å². The predicted molar refractivity (Wildman–Crippen MR) is 142 cm³/mol. The number of imide groups is 1. The summed E-state index contributed by atoms with van der Waals surface area (Å²) in [6.45, 7) is 4.18. The molecule has 10 nitrogen and oxygen atoms in total. The summed E-state index contributed by atoms with van der Waals surface area (Å²) < 4.78 is 15.9. The molecule has 0 aromatic heterocycles. The maximum absolute atomic E-state index is 13.3. The number of hydrogen-bond acceptors (Lipinski definition) is 7. The third-order valence-corrected chi connectivity index (χ3v) is 8.14. The van der Waals surface area contributed by atoms with Crippen molar-refractivity contribution >= 4 is 17.8 Å². The Kier molecular flexibility index (Phi) is 9.85. The minimum Gasteiger partial charge on any atom is -0.493 e. The second-order valence-electron chi connectivity index (χ2n) is 10.5. The van der Waals surface area contributed by atoms with Crippen LogP contribution in [0.5, 0.6) is 11.5 Å². The van der Waals surface area contributed by atoms with E-state index < -0.39 is 12.1 Å². The van der Waals surface area contributed by atoms with Gasteiger partial charge < -0.3 is 29.3 Å². The Bertz CT molecular complexity index is 986. The fourth-order valence-corrected chi connectivity index (χ4v) is 6.10. The molecule has 4 rings (SSSR count). The number of carbonyl (C=O) groups excluding carboxylic acids is 3. The molecule has 10 heteroatoms. The van der Waals surface area contributed by atoms with Gasteiger partial charge in [-0.15, -0.1) is 0 Å². The van der Waals surface area contributed by atoms with E-state index in [1.165, 1.54) is 37.7 Å². The first kappa shape index (κ1) is 28.2. The normalized spacial score (nSPS) is 23.7. The number of fused-ring (bicyclic) bond motifs is 1. The van der Waals surface area contributed by atoms with Gasteiger partial charge in [-0.1, -0.05) is 12.5 Å². The summed E-state index contributed by atoms with van der Waals surface area (Å²) >= 11 is 0. The lowest BCUT2D eigenvalue weighted by molar-refractivity contribution is -0.134. The number of nitrogens with zero attached hydrogens (tertiary/aromatic N) is 3. The van der Waals surface area contributed by atoms with Gasteiger partial charge in [-0.3, -0.25) is 14.5 Å². The Morgan fingerprint density at radius 1 is 1.05 bits per heavy atom. The van der Waals surface area contributed by atoms with Crippen molar-refractivity contribution in [3.63, 3.8) is 0 Å². The number of amides is 4. The molecule has 3 atom stereocenters. The smallest absolute Gasteiger partial charge is 0.325 e. The molecular weight excluding hydrogens is 488 g/mol. The number of hydrogen-bond donors (Lipinski definition) is 1. The molecule has 3 saturated heterocycles. The molecule has 0 spiro atoms. The van der Waals surface area contributed by atoms with Crippen LogP contribution in [0, 0.1) is 5.92 Å². The summed E-state index contributed by atoms with van der Waals surface area (Å²) in [6, 6.07) is 4.69. The summed E-state index contributed by atoms with van der Waals surface area (Å²) in [5.41, 5.74) is 0.748. The van der Waals surface area contributed by atoms with E-state index in [1.54, 1.807) is 32.4 Å². The van der Waals surface area contributed by atoms with Crippen LogP contribution in [0.25, 0.3) is 0 Å². The monoisotopic (exact) mass is 530 g/mol. The van der Waals surface area contributed by atoms with E-state index in [0.717, 1.165) is 31.6 Å². The highest BCUT2D eigenvalue weighted by atomic mass is 16.5. The van der Waals surface area contributed by atoms with Gasteiger partial charge in [0.1, 0.15) is 6.04 Å². The van der Waals surface area contributed by atoms with Crippen LogP contribution < -0.4 is 14.8 Å². The SMILES string of the molecule is COCCN(C[C@@H]1CCCN2CCCC[C@H]12)C(=O)CC[C@@H]1NC(=O)N(Cc2ccc(OC)c(OC)c2)C1=O. The number of benzene rings is 1. The third-order valence-electron chi connectivity index (χ3n) is 8.14. The zero-order chi connectivity index (χ0) is 27.1. The molecular formula is C28H42N4O6. The molecule has 38 heavy (non-hydrogen) atoms. The molecule has 3 heterocycles. The van der Waals surface area contributed by atoms with Crippen LogP contribution in [0.15, 0.2) is 18.2 Å². The van der Waals surface area contributed by atoms with E-state index in [0.29, 0.717) is 36.6 Å². The highest BCUT2D eigenvalue weighted by molar-refractivity contribution is 6.04. The van der Waals surface area contributed by atoms with Crippen molar-refractivity contribution in [3.05, 3.63) is 23.8 Å². The maximum Gasteiger partial charge on any atom is 0.325 e. The van der Waals surface area contributed by atoms with Gasteiger partial charge in [-0.2, -0.15) is 0 Å². The van der Waals surface area contributed by atoms with E-state index >= 15 is 0 Å². The minimum absolute atomic E-state index is 0.00960. The number of methoxy groups -OCH3 is 3. The largest absolute Gasteiger partial charge is 0.493 e. The van der Waals surface area contributed by atoms with Crippen LogP contribution in [-0.2, 0) is 20.9 Å². The molecule has 1 aromatic rings. The molecule has 0 radical (unpaired) electrons. The van der Waals surface area contributed by atoms with Gasteiger partial charge >= 0.3 is 6.03 Å². The van der Waals surface area contributed by atoms with Crippen molar-refractivity contribution in [1.82, 2.24) is 20.0 Å². The maximum atomic E-state index is 13.3. The van der Waals surface area contributed by atoms with Crippen LogP contribution in [0.2, 0.25) is 0 Å². The Morgan fingerprint density at radius 2 is 1.84 bits per heavy atom. The molecule has 210 valence electrons. The van der Waals surface area contributed by atoms with Gasteiger partial charge in [0.25, 0.3) is 5.91 Å². The fourth-order valence-electron chi connectivity index (χ4n) is 6.10. The highest BCUT2D eigenvalue weighted by Gasteiger charge is 2.39. The number of nitrogens with one attached hydrogen (secondary N) is 1. The summed E-state index contributed by atoms with van der Waals surface area (Å²) in [5.74, 6) is 1.27. The predicted octanol–water partition coefficient (Wildman–Crippen LogP) is 2.64. The number of urea groups is 1. The van der Waals surface area contributed by atoms with E-state index in [9.17, 15) is 14.4 Å². The summed E-state index contributed by atoms with van der Waals surface area (Å²) in [5, 5.41) is 2.76. The first-order valence-corrected chi connectivity index (χ1v) is 13.8. The average Bonchev–Trinajstić information content (AvgIpc) is 3.21. The molecule has 0 aliphatic carbocycles. The number of rotatable bonds is 12. The number of ether oxygens (including phenoxy) is 3. The molecule has 1 aromatic carbocycles. The second kappa shape index (κ2) is 13.3. The molecule has 3 aliphatic rings. The zero-order valence-electron chi connectivity index (χ0n) is 22.9. The zero-order valence-corrected chi connectivity index (χ0v) is 22.9. The van der Waals surface area contributed by atoms with Crippen LogP contribution in [0.3, 0.4) is 0 Å². The van der Waals surface area contributed by atoms with Gasteiger partial charge in [0.2, 0.25) is 5.91 Å². The quantitative estimate of drug-likeness (QED) is 0.415. The van der Waals surface area contributed by atoms with Gasteiger partial charge in [0.15, 0.2) is 11.5 Å². The van der Waals surface area contributed by atoms with Gasteiger partial charge in [0.05, 0.1) is 27.4 Å². The topological polar surface area (TPSA) is 101 Å². The van der Waals surface area contributed by atoms with Crippen molar-refractivity contribution in [2.45, 2.75) is 63.6 Å². The Hall–Kier alpha value is -2.85. The molecule has 1 N–H and O–H groups in total. The van der Waals surface area contributed by atoms with Crippen molar-refractivity contribution in [1.29, 1.82) is 0 Å². The van der Waals surface area contributed by atoms with Crippen LogP contribution in [0.1, 0.15) is 50.5 Å². The Balaban J connectivity index is 1.34. The minimum atomic E-state index is -0.709. The Morgan fingerprint density at radius 3 is 2.61 bits per heavy atom. The van der Waals surface area contributed by atoms with Crippen LogP contribution in [0.4, 0.5) is 4.79 Å². The average molecular weight is 531 g/mol. The molecule has 0 unspecified atom stereocenters. The van der Waals surface area contributed by atoms with E-state index in [-0.39, 0.29) is 31.2 Å².